The van der Waals surface area contributed by atoms with Crippen LogP contribution >= 0.6 is 15.9 Å². The SMILES string of the molecule is C=C(Br)Cc1c(C=O)c(OC)c2c(c1OC)COC2=O. The second-order valence-corrected chi connectivity index (χ2v) is 5.32. The first-order valence-corrected chi connectivity index (χ1v) is 6.59. The van der Waals surface area contributed by atoms with Gasteiger partial charge in [-0.15, -0.1) is 0 Å². The highest BCUT2D eigenvalue weighted by molar-refractivity contribution is 9.11. The van der Waals surface area contributed by atoms with Crippen LogP contribution in [0.1, 0.15) is 31.8 Å². The first-order chi connectivity index (χ1) is 9.54. The smallest absolute Gasteiger partial charge is 0.342 e. The maximum Gasteiger partial charge on any atom is 0.342 e. The van der Waals surface area contributed by atoms with Crippen molar-refractivity contribution in [3.8, 4) is 11.5 Å². The van der Waals surface area contributed by atoms with E-state index in [1.165, 1.54) is 14.2 Å². The van der Waals surface area contributed by atoms with Gasteiger partial charge >= 0.3 is 5.97 Å². The summed E-state index contributed by atoms with van der Waals surface area (Å²) in [6.07, 6.45) is 1.04. The quantitative estimate of drug-likeness (QED) is 0.609. The summed E-state index contributed by atoms with van der Waals surface area (Å²) in [5.41, 5.74) is 1.76. The highest BCUT2D eigenvalue weighted by atomic mass is 79.9. The van der Waals surface area contributed by atoms with Crippen LogP contribution in [0.3, 0.4) is 0 Å². The first kappa shape index (κ1) is 14.6. The Morgan fingerprint density at radius 2 is 2.05 bits per heavy atom. The lowest BCUT2D eigenvalue weighted by atomic mass is 9.95. The van der Waals surface area contributed by atoms with E-state index < -0.39 is 5.97 Å². The molecule has 1 heterocycles. The zero-order chi connectivity index (χ0) is 14.9. The number of benzene rings is 1. The number of hydrogen-bond donors (Lipinski definition) is 0. The van der Waals surface area contributed by atoms with Gasteiger partial charge in [0.25, 0.3) is 0 Å². The van der Waals surface area contributed by atoms with Gasteiger partial charge in [0.2, 0.25) is 0 Å². The van der Waals surface area contributed by atoms with Crippen LogP contribution in [0.15, 0.2) is 11.1 Å². The van der Waals surface area contributed by atoms with Gasteiger partial charge in [0.05, 0.1) is 25.3 Å². The van der Waals surface area contributed by atoms with E-state index in [4.69, 9.17) is 14.2 Å². The third-order valence-corrected chi connectivity index (χ3v) is 3.37. The van der Waals surface area contributed by atoms with Crippen molar-refractivity contribution in [1.82, 2.24) is 0 Å². The van der Waals surface area contributed by atoms with Crippen molar-refractivity contribution in [2.75, 3.05) is 14.2 Å². The molecule has 2 rings (SSSR count). The molecule has 0 atom stereocenters. The molecule has 0 saturated heterocycles. The van der Waals surface area contributed by atoms with Crippen molar-refractivity contribution in [3.63, 3.8) is 0 Å². The van der Waals surface area contributed by atoms with Gasteiger partial charge < -0.3 is 14.2 Å². The third kappa shape index (κ3) is 2.20. The molecule has 0 aromatic heterocycles. The number of halogens is 1. The molecule has 20 heavy (non-hydrogen) atoms. The first-order valence-electron chi connectivity index (χ1n) is 5.80. The molecule has 1 aromatic rings. The third-order valence-electron chi connectivity index (χ3n) is 3.09. The summed E-state index contributed by atoms with van der Waals surface area (Å²) < 4.78 is 16.3. The number of carbonyl (C=O) groups excluding carboxylic acids is 2. The van der Waals surface area contributed by atoms with Crippen molar-refractivity contribution in [2.24, 2.45) is 0 Å². The fraction of sp³-hybridized carbons (Fsp3) is 0.286. The molecule has 1 aliphatic rings. The number of carbonyl (C=O) groups is 2. The van der Waals surface area contributed by atoms with Crippen molar-refractivity contribution < 1.29 is 23.8 Å². The number of allylic oxidation sites excluding steroid dienone is 1. The minimum Gasteiger partial charge on any atom is -0.496 e. The Bertz CT molecular complexity index is 606. The van der Waals surface area contributed by atoms with E-state index in [0.717, 1.165) is 0 Å². The minimum atomic E-state index is -0.512. The Hall–Kier alpha value is -1.82. The summed E-state index contributed by atoms with van der Waals surface area (Å²) in [6, 6.07) is 0. The van der Waals surface area contributed by atoms with E-state index in [1.807, 2.05) is 0 Å². The van der Waals surface area contributed by atoms with Gasteiger partial charge in [-0.2, -0.15) is 0 Å². The van der Waals surface area contributed by atoms with Gasteiger partial charge in [0.15, 0.2) is 6.29 Å². The molecule has 0 fully saturated rings. The largest absolute Gasteiger partial charge is 0.496 e. The van der Waals surface area contributed by atoms with Crippen molar-refractivity contribution in [3.05, 3.63) is 33.3 Å². The van der Waals surface area contributed by atoms with Crippen molar-refractivity contribution in [2.45, 2.75) is 13.0 Å². The summed E-state index contributed by atoms with van der Waals surface area (Å²) in [5.74, 6) is 0.180. The molecule has 0 saturated carbocycles. The molecule has 0 unspecified atom stereocenters. The van der Waals surface area contributed by atoms with E-state index in [0.29, 0.717) is 34.1 Å². The lowest BCUT2D eigenvalue weighted by Gasteiger charge is -2.17. The van der Waals surface area contributed by atoms with Crippen LogP contribution in [0.4, 0.5) is 0 Å². The van der Waals surface area contributed by atoms with Crippen LogP contribution < -0.4 is 9.47 Å². The van der Waals surface area contributed by atoms with Crippen LogP contribution in [-0.4, -0.2) is 26.5 Å². The topological polar surface area (TPSA) is 61.8 Å². The van der Waals surface area contributed by atoms with Gasteiger partial charge in [-0.3, -0.25) is 4.79 Å². The monoisotopic (exact) mass is 340 g/mol. The predicted octanol–water partition coefficient (Wildman–Crippen LogP) is 2.64. The number of aldehydes is 1. The van der Waals surface area contributed by atoms with Crippen LogP contribution in [0.5, 0.6) is 11.5 Å². The zero-order valence-electron chi connectivity index (χ0n) is 11.1. The fourth-order valence-electron chi connectivity index (χ4n) is 2.34. The molecule has 6 heteroatoms. The summed E-state index contributed by atoms with van der Waals surface area (Å²) >= 11 is 3.27. The van der Waals surface area contributed by atoms with Gasteiger partial charge in [-0.25, -0.2) is 4.79 Å². The molecule has 1 aromatic carbocycles. The Morgan fingerprint density at radius 3 is 2.55 bits per heavy atom. The Morgan fingerprint density at radius 1 is 1.40 bits per heavy atom. The van der Waals surface area contributed by atoms with Gasteiger partial charge in [0, 0.05) is 12.0 Å². The molecule has 0 bridgehead atoms. The number of ether oxygens (including phenoxy) is 3. The van der Waals surface area contributed by atoms with E-state index in [9.17, 15) is 9.59 Å². The number of fused-ring (bicyclic) bond motifs is 1. The molecule has 0 aliphatic carbocycles. The van der Waals surface area contributed by atoms with Crippen LogP contribution in [-0.2, 0) is 17.8 Å². The summed E-state index contributed by atoms with van der Waals surface area (Å²) in [6.45, 7) is 3.88. The predicted molar refractivity (Wildman–Crippen MR) is 75.8 cm³/mol. The van der Waals surface area contributed by atoms with Crippen molar-refractivity contribution >= 4 is 28.2 Å². The lowest BCUT2D eigenvalue weighted by molar-refractivity contribution is 0.0532. The molecule has 0 spiro atoms. The number of methoxy groups -OCH3 is 2. The van der Waals surface area contributed by atoms with E-state index in [2.05, 4.69) is 22.5 Å². The van der Waals surface area contributed by atoms with Gasteiger partial charge in [0.1, 0.15) is 23.7 Å². The van der Waals surface area contributed by atoms with Crippen LogP contribution in [0.25, 0.3) is 0 Å². The van der Waals surface area contributed by atoms with E-state index in [-0.39, 0.29) is 23.5 Å². The van der Waals surface area contributed by atoms with Crippen LogP contribution in [0, 0.1) is 0 Å². The molecule has 1 aliphatic heterocycles. The second kappa shape index (κ2) is 5.66. The van der Waals surface area contributed by atoms with E-state index in [1.54, 1.807) is 0 Å². The second-order valence-electron chi connectivity index (χ2n) is 4.20. The Kier molecular flexibility index (Phi) is 4.13. The molecular formula is C14H13BrO5. The molecule has 0 N–H and O–H groups in total. The molecule has 0 amide bonds. The average Bonchev–Trinajstić information content (AvgIpc) is 2.78. The number of esters is 1. The summed E-state index contributed by atoms with van der Waals surface area (Å²) in [4.78, 5) is 23.2. The Balaban J connectivity index is 2.83. The normalized spacial score (nSPS) is 12.7. The number of hydrogen-bond acceptors (Lipinski definition) is 5. The molecule has 106 valence electrons. The standard InChI is InChI=1S/C14H13BrO5/c1-7(15)4-8-9(5-16)13(19-3)11-10(12(8)18-2)6-20-14(11)17/h5H,1,4,6H2,2-3H3. The van der Waals surface area contributed by atoms with Crippen molar-refractivity contribution in [1.29, 1.82) is 0 Å². The summed E-state index contributed by atoms with van der Waals surface area (Å²) in [5, 5.41) is 0. The summed E-state index contributed by atoms with van der Waals surface area (Å²) in [7, 11) is 2.90. The van der Waals surface area contributed by atoms with Gasteiger partial charge in [-0.1, -0.05) is 22.5 Å². The molecular weight excluding hydrogens is 328 g/mol. The maximum absolute atomic E-state index is 11.8. The highest BCUT2D eigenvalue weighted by Gasteiger charge is 2.34. The zero-order valence-corrected chi connectivity index (χ0v) is 12.7. The molecule has 0 radical (unpaired) electrons. The molecule has 5 nitrogen and oxygen atoms in total. The minimum absolute atomic E-state index is 0.106. The Labute approximate surface area is 124 Å². The fourth-order valence-corrected chi connectivity index (χ4v) is 2.62. The average molecular weight is 341 g/mol. The number of cyclic esters (lactones) is 1. The van der Waals surface area contributed by atoms with Gasteiger partial charge in [-0.05, 0) is 4.48 Å². The highest BCUT2D eigenvalue weighted by Crippen LogP contribution is 2.42. The maximum atomic E-state index is 11.8. The van der Waals surface area contributed by atoms with Crippen LogP contribution in [0.2, 0.25) is 0 Å². The number of rotatable bonds is 5. The van der Waals surface area contributed by atoms with E-state index >= 15 is 0 Å². The lowest BCUT2D eigenvalue weighted by Crippen LogP contribution is -2.08.